The maximum Gasteiger partial charge on any atom is 0.308 e. The Morgan fingerprint density at radius 3 is 2.62 bits per heavy atom. The second kappa shape index (κ2) is 5.54. The molecule has 0 radical (unpaired) electrons. The van der Waals surface area contributed by atoms with E-state index < -0.39 is 0 Å². The fourth-order valence-electron chi connectivity index (χ4n) is 1.28. The third kappa shape index (κ3) is 3.26. The molecule has 0 bridgehead atoms. The minimum Gasteiger partial charge on any atom is -0.496 e. The summed E-state index contributed by atoms with van der Waals surface area (Å²) >= 11 is 0. The number of carbonyl (C=O) groups excluding carboxylic acids is 1. The van der Waals surface area contributed by atoms with Crippen LogP contribution in [0.2, 0.25) is 0 Å². The van der Waals surface area contributed by atoms with Crippen molar-refractivity contribution >= 4 is 5.97 Å². The highest BCUT2D eigenvalue weighted by Gasteiger charge is 2.08. The van der Waals surface area contributed by atoms with Crippen LogP contribution in [0.25, 0.3) is 0 Å². The van der Waals surface area contributed by atoms with Crippen LogP contribution in [0, 0.1) is 12.8 Å². The minimum atomic E-state index is -0.181. The van der Waals surface area contributed by atoms with E-state index >= 15 is 0 Å². The fraction of sp³-hybridized carbons (Fsp3) is 0.462. The third-order valence-electron chi connectivity index (χ3n) is 2.32. The van der Waals surface area contributed by atoms with Crippen molar-refractivity contribution < 1.29 is 14.3 Å². The van der Waals surface area contributed by atoms with Gasteiger partial charge in [-0.25, -0.2) is 0 Å². The standard InChI is InChI=1S/C13H18O3/c1-9(2)13(14)16-8-11-6-5-10(3)12(7-11)15-4/h5-7,9H,8H2,1-4H3. The summed E-state index contributed by atoms with van der Waals surface area (Å²) in [4.78, 5) is 11.3. The van der Waals surface area contributed by atoms with Crippen molar-refractivity contribution in [3.63, 3.8) is 0 Å². The first-order valence-electron chi connectivity index (χ1n) is 5.34. The number of benzene rings is 1. The van der Waals surface area contributed by atoms with Gasteiger partial charge in [0, 0.05) is 0 Å². The molecule has 3 nitrogen and oxygen atoms in total. The molecule has 1 aromatic carbocycles. The summed E-state index contributed by atoms with van der Waals surface area (Å²) in [5.74, 6) is 0.546. The Bertz CT molecular complexity index is 369. The molecule has 1 rings (SSSR count). The molecule has 88 valence electrons. The molecule has 0 aliphatic heterocycles. The van der Waals surface area contributed by atoms with E-state index in [-0.39, 0.29) is 11.9 Å². The van der Waals surface area contributed by atoms with Crippen LogP contribution in [-0.2, 0) is 16.1 Å². The largest absolute Gasteiger partial charge is 0.496 e. The molecule has 0 amide bonds. The van der Waals surface area contributed by atoms with E-state index in [9.17, 15) is 4.79 Å². The molecule has 0 aromatic heterocycles. The van der Waals surface area contributed by atoms with Crippen molar-refractivity contribution in [1.82, 2.24) is 0 Å². The van der Waals surface area contributed by atoms with Crippen molar-refractivity contribution in [2.45, 2.75) is 27.4 Å². The van der Waals surface area contributed by atoms with Crippen molar-refractivity contribution in [1.29, 1.82) is 0 Å². The Labute approximate surface area is 96.4 Å². The molecule has 0 unspecified atom stereocenters. The summed E-state index contributed by atoms with van der Waals surface area (Å²) in [6.45, 7) is 5.91. The number of hydrogen-bond acceptors (Lipinski definition) is 3. The van der Waals surface area contributed by atoms with Crippen molar-refractivity contribution in [2.24, 2.45) is 5.92 Å². The van der Waals surface area contributed by atoms with E-state index in [4.69, 9.17) is 9.47 Å². The molecular weight excluding hydrogens is 204 g/mol. The van der Waals surface area contributed by atoms with Gasteiger partial charge in [0.2, 0.25) is 0 Å². The average molecular weight is 222 g/mol. The maximum atomic E-state index is 11.3. The van der Waals surface area contributed by atoms with Gasteiger partial charge < -0.3 is 9.47 Å². The number of aryl methyl sites for hydroxylation is 1. The van der Waals surface area contributed by atoms with Crippen molar-refractivity contribution in [3.05, 3.63) is 29.3 Å². The lowest BCUT2D eigenvalue weighted by atomic mass is 10.1. The van der Waals surface area contributed by atoms with Gasteiger partial charge in [0.1, 0.15) is 12.4 Å². The van der Waals surface area contributed by atoms with Crippen LogP contribution in [0.15, 0.2) is 18.2 Å². The van der Waals surface area contributed by atoms with Crippen LogP contribution in [0.3, 0.4) is 0 Å². The molecule has 0 saturated carbocycles. The highest BCUT2D eigenvalue weighted by molar-refractivity contribution is 5.71. The highest BCUT2D eigenvalue weighted by Crippen LogP contribution is 2.19. The molecule has 0 aliphatic rings. The maximum absolute atomic E-state index is 11.3. The normalized spacial score (nSPS) is 10.3. The lowest BCUT2D eigenvalue weighted by Crippen LogP contribution is -2.11. The van der Waals surface area contributed by atoms with Crippen LogP contribution >= 0.6 is 0 Å². The Kier molecular flexibility index (Phi) is 4.35. The molecule has 0 fully saturated rings. The highest BCUT2D eigenvalue weighted by atomic mass is 16.5. The van der Waals surface area contributed by atoms with Crippen molar-refractivity contribution in [3.8, 4) is 5.75 Å². The second-order valence-corrected chi connectivity index (χ2v) is 4.07. The predicted octanol–water partition coefficient (Wildman–Crippen LogP) is 2.70. The smallest absolute Gasteiger partial charge is 0.308 e. The molecule has 1 aromatic rings. The van der Waals surface area contributed by atoms with E-state index in [1.165, 1.54) is 0 Å². The quantitative estimate of drug-likeness (QED) is 0.735. The lowest BCUT2D eigenvalue weighted by molar-refractivity contribution is -0.148. The zero-order valence-electron chi connectivity index (χ0n) is 10.2. The Hall–Kier alpha value is -1.51. The monoisotopic (exact) mass is 222 g/mol. The summed E-state index contributed by atoms with van der Waals surface area (Å²) in [7, 11) is 1.63. The molecular formula is C13H18O3. The predicted molar refractivity (Wildman–Crippen MR) is 62.4 cm³/mol. The summed E-state index contributed by atoms with van der Waals surface area (Å²) in [6.07, 6.45) is 0. The summed E-state index contributed by atoms with van der Waals surface area (Å²) in [5.41, 5.74) is 2.01. The fourth-order valence-corrected chi connectivity index (χ4v) is 1.28. The van der Waals surface area contributed by atoms with Gasteiger partial charge in [0.05, 0.1) is 13.0 Å². The van der Waals surface area contributed by atoms with E-state index in [2.05, 4.69) is 0 Å². The van der Waals surface area contributed by atoms with Crippen molar-refractivity contribution in [2.75, 3.05) is 7.11 Å². The summed E-state index contributed by atoms with van der Waals surface area (Å²) in [5, 5.41) is 0. The third-order valence-corrected chi connectivity index (χ3v) is 2.32. The molecule has 3 heteroatoms. The molecule has 0 aliphatic carbocycles. The first-order chi connectivity index (χ1) is 7.54. The van der Waals surface area contributed by atoms with Crippen LogP contribution in [0.4, 0.5) is 0 Å². The van der Waals surface area contributed by atoms with Gasteiger partial charge in [-0.15, -0.1) is 0 Å². The lowest BCUT2D eigenvalue weighted by Gasteiger charge is -2.09. The minimum absolute atomic E-state index is 0.0904. The van der Waals surface area contributed by atoms with Gasteiger partial charge in [-0.2, -0.15) is 0 Å². The number of rotatable bonds is 4. The number of hydrogen-bond donors (Lipinski definition) is 0. The molecule has 0 saturated heterocycles. The molecule has 16 heavy (non-hydrogen) atoms. The molecule has 0 atom stereocenters. The van der Waals surface area contributed by atoms with Gasteiger partial charge >= 0.3 is 5.97 Å². The molecule has 0 heterocycles. The molecule has 0 N–H and O–H groups in total. The van der Waals surface area contributed by atoms with Gasteiger partial charge in [-0.3, -0.25) is 4.79 Å². The molecule has 0 spiro atoms. The Morgan fingerprint density at radius 2 is 2.06 bits per heavy atom. The first-order valence-corrected chi connectivity index (χ1v) is 5.34. The van der Waals surface area contributed by atoms with E-state index in [0.29, 0.717) is 6.61 Å². The number of ether oxygens (including phenoxy) is 2. The summed E-state index contributed by atoms with van der Waals surface area (Å²) in [6, 6.07) is 5.78. The number of esters is 1. The Morgan fingerprint density at radius 1 is 1.38 bits per heavy atom. The second-order valence-electron chi connectivity index (χ2n) is 4.07. The van der Waals surface area contributed by atoms with E-state index in [0.717, 1.165) is 16.9 Å². The van der Waals surface area contributed by atoms with Crippen LogP contribution < -0.4 is 4.74 Å². The number of carbonyl (C=O) groups is 1. The van der Waals surface area contributed by atoms with E-state index in [1.807, 2.05) is 39.0 Å². The first kappa shape index (κ1) is 12.6. The summed E-state index contributed by atoms with van der Waals surface area (Å²) < 4.78 is 10.3. The zero-order chi connectivity index (χ0) is 12.1. The van der Waals surface area contributed by atoms with Gasteiger partial charge in [-0.05, 0) is 24.1 Å². The Balaban J connectivity index is 2.64. The van der Waals surface area contributed by atoms with Crippen LogP contribution in [-0.4, -0.2) is 13.1 Å². The number of methoxy groups -OCH3 is 1. The topological polar surface area (TPSA) is 35.5 Å². The van der Waals surface area contributed by atoms with E-state index in [1.54, 1.807) is 7.11 Å². The van der Waals surface area contributed by atoms with Crippen LogP contribution in [0.1, 0.15) is 25.0 Å². The van der Waals surface area contributed by atoms with Gasteiger partial charge in [0.25, 0.3) is 0 Å². The zero-order valence-corrected chi connectivity index (χ0v) is 10.2. The average Bonchev–Trinajstić information content (AvgIpc) is 2.27. The van der Waals surface area contributed by atoms with Gasteiger partial charge in [0.15, 0.2) is 0 Å². The van der Waals surface area contributed by atoms with Crippen LogP contribution in [0.5, 0.6) is 5.75 Å². The van der Waals surface area contributed by atoms with Gasteiger partial charge in [-0.1, -0.05) is 26.0 Å². The SMILES string of the molecule is COc1cc(COC(=O)C(C)C)ccc1C.